The third-order valence-electron chi connectivity index (χ3n) is 2.79. The maximum Gasteiger partial charge on any atom is 0.412 e. The third-order valence-corrected chi connectivity index (χ3v) is 2.79. The van der Waals surface area contributed by atoms with Gasteiger partial charge in [0.2, 0.25) is 0 Å². The van der Waals surface area contributed by atoms with E-state index in [2.05, 4.69) is 17.2 Å². The molecule has 4 heteroatoms. The Morgan fingerprint density at radius 3 is 1.91 bits per heavy atom. The summed E-state index contributed by atoms with van der Waals surface area (Å²) < 4.78 is 5.20. The fourth-order valence-corrected chi connectivity index (χ4v) is 1.77. The summed E-state index contributed by atoms with van der Waals surface area (Å²) in [6.07, 6.45) is -0.474. The van der Waals surface area contributed by atoms with Crippen molar-refractivity contribution < 1.29 is 9.53 Å². The lowest BCUT2D eigenvalue weighted by Crippen LogP contribution is -2.27. The second-order valence-corrected chi connectivity index (χ2v) is 6.08. The Morgan fingerprint density at radius 2 is 1.43 bits per heavy atom. The van der Waals surface area contributed by atoms with Crippen LogP contribution in [0.3, 0.4) is 0 Å². The average Bonchev–Trinajstić information content (AvgIpc) is 2.46. The van der Waals surface area contributed by atoms with Crippen LogP contribution in [0.15, 0.2) is 48.5 Å². The SMILES string of the molecule is CC(C)(C)OC(=O)Nc1ccc(C#Cc2ccc(N)cc2)cc1. The number of benzene rings is 2. The van der Waals surface area contributed by atoms with Crippen LogP contribution in [0.4, 0.5) is 16.2 Å². The molecule has 2 aromatic rings. The minimum absolute atomic E-state index is 0.474. The minimum atomic E-state index is -0.519. The van der Waals surface area contributed by atoms with Gasteiger partial charge in [0.15, 0.2) is 0 Å². The summed E-state index contributed by atoms with van der Waals surface area (Å²) in [4.78, 5) is 11.7. The monoisotopic (exact) mass is 308 g/mol. The average molecular weight is 308 g/mol. The van der Waals surface area contributed by atoms with E-state index < -0.39 is 11.7 Å². The van der Waals surface area contributed by atoms with Crippen LogP contribution in [0.5, 0.6) is 0 Å². The van der Waals surface area contributed by atoms with Crippen LogP contribution in [0.25, 0.3) is 0 Å². The van der Waals surface area contributed by atoms with Crippen molar-refractivity contribution in [1.82, 2.24) is 0 Å². The van der Waals surface area contributed by atoms with Gasteiger partial charge in [-0.3, -0.25) is 5.32 Å². The van der Waals surface area contributed by atoms with Crippen molar-refractivity contribution in [3.05, 3.63) is 59.7 Å². The third kappa shape index (κ3) is 5.76. The molecule has 0 spiro atoms. The standard InChI is InChI=1S/C19H20N2O2/c1-19(2,3)23-18(22)21-17-12-8-15(9-13-17)5-4-14-6-10-16(20)11-7-14/h6-13H,20H2,1-3H3,(H,21,22). The van der Waals surface area contributed by atoms with Crippen molar-refractivity contribution in [3.8, 4) is 11.8 Å². The number of hydrogen-bond acceptors (Lipinski definition) is 3. The predicted octanol–water partition coefficient (Wildman–Crippen LogP) is 4.02. The van der Waals surface area contributed by atoms with E-state index in [0.29, 0.717) is 11.4 Å². The normalized spacial score (nSPS) is 10.4. The molecule has 0 aromatic heterocycles. The van der Waals surface area contributed by atoms with Gasteiger partial charge in [0.05, 0.1) is 0 Å². The number of nitrogen functional groups attached to an aromatic ring is 1. The second-order valence-electron chi connectivity index (χ2n) is 6.08. The fraction of sp³-hybridized carbons (Fsp3) is 0.211. The lowest BCUT2D eigenvalue weighted by atomic mass is 10.1. The van der Waals surface area contributed by atoms with Gasteiger partial charge in [0.25, 0.3) is 0 Å². The first-order chi connectivity index (χ1) is 10.8. The summed E-state index contributed by atoms with van der Waals surface area (Å²) in [5.74, 6) is 6.13. The minimum Gasteiger partial charge on any atom is -0.444 e. The Labute approximate surface area is 136 Å². The Morgan fingerprint density at radius 1 is 0.957 bits per heavy atom. The summed E-state index contributed by atoms with van der Waals surface area (Å²) in [5.41, 5.74) is 8.25. The zero-order chi connectivity index (χ0) is 16.9. The molecule has 1 amide bonds. The summed E-state index contributed by atoms with van der Waals surface area (Å²) in [6.45, 7) is 5.47. The first-order valence-corrected chi connectivity index (χ1v) is 7.29. The molecule has 4 nitrogen and oxygen atoms in total. The van der Waals surface area contributed by atoms with Gasteiger partial charge >= 0.3 is 6.09 Å². The summed E-state index contributed by atoms with van der Waals surface area (Å²) in [6, 6.07) is 14.7. The van der Waals surface area contributed by atoms with E-state index in [1.54, 1.807) is 12.1 Å². The van der Waals surface area contributed by atoms with Gasteiger partial charge in [-0.15, -0.1) is 0 Å². The first kappa shape index (κ1) is 16.4. The van der Waals surface area contributed by atoms with E-state index in [-0.39, 0.29) is 0 Å². The topological polar surface area (TPSA) is 64.3 Å². The van der Waals surface area contributed by atoms with Gasteiger partial charge in [-0.1, -0.05) is 11.8 Å². The number of rotatable bonds is 1. The number of carbonyl (C=O) groups excluding carboxylic acids is 1. The van der Waals surface area contributed by atoms with Crippen LogP contribution in [-0.4, -0.2) is 11.7 Å². The number of nitrogens with two attached hydrogens (primary N) is 1. The predicted molar refractivity (Wildman–Crippen MR) is 93.1 cm³/mol. The Bertz CT molecular complexity index is 730. The fourth-order valence-electron chi connectivity index (χ4n) is 1.77. The zero-order valence-corrected chi connectivity index (χ0v) is 13.5. The van der Waals surface area contributed by atoms with Gasteiger partial charge in [-0.2, -0.15) is 0 Å². The van der Waals surface area contributed by atoms with Crippen LogP contribution in [0.1, 0.15) is 31.9 Å². The molecule has 0 radical (unpaired) electrons. The molecular weight excluding hydrogens is 288 g/mol. The second kappa shape index (κ2) is 6.89. The van der Waals surface area contributed by atoms with Gasteiger partial charge in [-0.05, 0) is 69.3 Å². The van der Waals surface area contributed by atoms with Gasteiger partial charge in [0.1, 0.15) is 5.60 Å². The van der Waals surface area contributed by atoms with E-state index in [1.807, 2.05) is 57.2 Å². The zero-order valence-electron chi connectivity index (χ0n) is 13.5. The van der Waals surface area contributed by atoms with E-state index in [1.165, 1.54) is 0 Å². The van der Waals surface area contributed by atoms with Crippen molar-refractivity contribution in [2.75, 3.05) is 11.1 Å². The molecule has 0 aliphatic carbocycles. The first-order valence-electron chi connectivity index (χ1n) is 7.29. The smallest absolute Gasteiger partial charge is 0.412 e. The molecular formula is C19H20N2O2. The molecule has 23 heavy (non-hydrogen) atoms. The van der Waals surface area contributed by atoms with Crippen LogP contribution in [-0.2, 0) is 4.74 Å². The van der Waals surface area contributed by atoms with E-state index in [4.69, 9.17) is 10.5 Å². The lowest BCUT2D eigenvalue weighted by Gasteiger charge is -2.19. The van der Waals surface area contributed by atoms with Gasteiger partial charge in [0, 0.05) is 22.5 Å². The van der Waals surface area contributed by atoms with E-state index in [0.717, 1.165) is 11.1 Å². The molecule has 0 fully saturated rings. The molecule has 0 unspecified atom stereocenters. The van der Waals surface area contributed by atoms with Crippen LogP contribution >= 0.6 is 0 Å². The molecule has 118 valence electrons. The van der Waals surface area contributed by atoms with Crippen molar-refractivity contribution in [2.24, 2.45) is 0 Å². The maximum atomic E-state index is 11.7. The number of hydrogen-bond donors (Lipinski definition) is 2. The number of amides is 1. The molecule has 0 saturated carbocycles. The maximum absolute atomic E-state index is 11.7. The molecule has 0 atom stereocenters. The molecule has 0 heterocycles. The highest BCUT2D eigenvalue weighted by atomic mass is 16.6. The van der Waals surface area contributed by atoms with Crippen molar-refractivity contribution in [3.63, 3.8) is 0 Å². The van der Waals surface area contributed by atoms with Crippen molar-refractivity contribution in [2.45, 2.75) is 26.4 Å². The highest BCUT2D eigenvalue weighted by molar-refractivity contribution is 5.84. The van der Waals surface area contributed by atoms with Crippen LogP contribution < -0.4 is 11.1 Å². The number of carbonyl (C=O) groups is 1. The largest absolute Gasteiger partial charge is 0.444 e. The van der Waals surface area contributed by atoms with Crippen LogP contribution in [0.2, 0.25) is 0 Å². The summed E-state index contributed by atoms with van der Waals surface area (Å²) in [5, 5.41) is 2.68. The molecule has 2 aromatic carbocycles. The molecule has 2 rings (SSSR count). The van der Waals surface area contributed by atoms with Crippen molar-refractivity contribution >= 4 is 17.5 Å². The highest BCUT2D eigenvalue weighted by Crippen LogP contribution is 2.13. The number of anilines is 2. The van der Waals surface area contributed by atoms with E-state index in [9.17, 15) is 4.79 Å². The summed E-state index contributed by atoms with van der Waals surface area (Å²) >= 11 is 0. The molecule has 0 aliphatic rings. The quantitative estimate of drug-likeness (QED) is 0.618. The van der Waals surface area contributed by atoms with Gasteiger partial charge < -0.3 is 10.5 Å². The summed E-state index contributed by atoms with van der Waals surface area (Å²) in [7, 11) is 0. The molecule has 0 aliphatic heterocycles. The lowest BCUT2D eigenvalue weighted by molar-refractivity contribution is 0.0636. The van der Waals surface area contributed by atoms with E-state index >= 15 is 0 Å². The van der Waals surface area contributed by atoms with Crippen LogP contribution in [0, 0.1) is 11.8 Å². The highest BCUT2D eigenvalue weighted by Gasteiger charge is 2.15. The van der Waals surface area contributed by atoms with Crippen molar-refractivity contribution in [1.29, 1.82) is 0 Å². The molecule has 3 N–H and O–H groups in total. The Kier molecular flexibility index (Phi) is 4.92. The molecule has 0 saturated heterocycles. The number of nitrogens with one attached hydrogen (secondary N) is 1. The van der Waals surface area contributed by atoms with Gasteiger partial charge in [-0.25, -0.2) is 4.79 Å². The number of ether oxygens (including phenoxy) is 1. The molecule has 0 bridgehead atoms. The Hall–Kier alpha value is -2.93. The Balaban J connectivity index is 2.00.